The number of aliphatic hydroxyl groups excluding tert-OH is 1. The molecule has 0 spiro atoms. The Morgan fingerprint density at radius 1 is 0.842 bits per heavy atom. The molecule has 0 aliphatic carbocycles. The van der Waals surface area contributed by atoms with Gasteiger partial charge < -0.3 is 5.11 Å². The molecule has 1 N–H and O–H groups in total. The summed E-state index contributed by atoms with van der Waals surface area (Å²) in [7, 11) is -1.42. The van der Waals surface area contributed by atoms with Crippen LogP contribution in [-0.2, 0) is 0 Å². The van der Waals surface area contributed by atoms with E-state index in [-0.39, 0.29) is 6.10 Å². The van der Waals surface area contributed by atoms with Gasteiger partial charge in [-0.25, -0.2) is 0 Å². The summed E-state index contributed by atoms with van der Waals surface area (Å²) in [6, 6.07) is 0. The van der Waals surface area contributed by atoms with Gasteiger partial charge in [-0.05, 0) is 18.9 Å². The maximum atomic E-state index is 9.95. The van der Waals surface area contributed by atoms with Crippen molar-refractivity contribution in [2.75, 3.05) is 0 Å². The van der Waals surface area contributed by atoms with Crippen LogP contribution >= 0.6 is 0 Å². The van der Waals surface area contributed by atoms with E-state index < -0.39 is 8.07 Å². The first kappa shape index (κ1) is 19.2. The van der Waals surface area contributed by atoms with Crippen LogP contribution in [0, 0.1) is 0 Å². The molecule has 116 valence electrons. The molecule has 1 nitrogen and oxygen atoms in total. The topological polar surface area (TPSA) is 20.2 Å². The highest BCUT2D eigenvalue weighted by atomic mass is 28.3. The van der Waals surface area contributed by atoms with Crippen molar-refractivity contribution in [3.8, 4) is 0 Å². The summed E-state index contributed by atoms with van der Waals surface area (Å²) in [6.45, 7) is 18.9. The quantitative estimate of drug-likeness (QED) is 0.516. The van der Waals surface area contributed by atoms with Gasteiger partial charge in [-0.3, -0.25) is 0 Å². The average molecular weight is 287 g/mol. The fourth-order valence-electron chi connectivity index (χ4n) is 4.85. The molecule has 0 aromatic carbocycles. The minimum Gasteiger partial charge on any atom is -0.393 e. The lowest BCUT2D eigenvalue weighted by Gasteiger charge is -2.50. The molecule has 19 heavy (non-hydrogen) atoms. The smallest absolute Gasteiger partial charge is 0.0644 e. The maximum Gasteiger partial charge on any atom is 0.0644 e. The van der Waals surface area contributed by atoms with E-state index in [4.69, 9.17) is 0 Å². The average Bonchev–Trinajstić information content (AvgIpc) is 2.23. The van der Waals surface area contributed by atoms with Crippen molar-refractivity contribution in [1.29, 1.82) is 0 Å². The zero-order valence-corrected chi connectivity index (χ0v) is 15.7. The van der Waals surface area contributed by atoms with E-state index in [1.807, 2.05) is 6.92 Å². The lowest BCUT2D eigenvalue weighted by molar-refractivity contribution is 0.178. The predicted octanol–water partition coefficient (Wildman–Crippen LogP) is 6.00. The van der Waals surface area contributed by atoms with E-state index in [2.05, 4.69) is 48.5 Å². The number of aliphatic hydroxyl groups is 1. The van der Waals surface area contributed by atoms with Crippen LogP contribution in [-0.4, -0.2) is 19.3 Å². The Balaban J connectivity index is 5.43. The summed E-state index contributed by atoms with van der Waals surface area (Å²) in [4.78, 5) is 0. The van der Waals surface area contributed by atoms with E-state index in [9.17, 15) is 5.11 Å². The van der Waals surface area contributed by atoms with Crippen molar-refractivity contribution in [2.45, 2.75) is 109 Å². The molecule has 0 radical (unpaired) electrons. The summed E-state index contributed by atoms with van der Waals surface area (Å²) in [5, 5.41) is 9.95. The lowest BCUT2D eigenvalue weighted by Crippen LogP contribution is -2.49. The normalized spacial score (nSPS) is 16.4. The largest absolute Gasteiger partial charge is 0.393 e. The van der Waals surface area contributed by atoms with Gasteiger partial charge in [0.25, 0.3) is 0 Å². The van der Waals surface area contributed by atoms with E-state index >= 15 is 0 Å². The number of rotatable bonds is 9. The molecule has 0 unspecified atom stereocenters. The summed E-state index contributed by atoms with van der Waals surface area (Å²) >= 11 is 0. The van der Waals surface area contributed by atoms with Crippen LogP contribution < -0.4 is 0 Å². The molecular formula is C17H38OSi. The van der Waals surface area contributed by atoms with Gasteiger partial charge in [0.2, 0.25) is 0 Å². The van der Waals surface area contributed by atoms with E-state index in [0.29, 0.717) is 0 Å². The van der Waals surface area contributed by atoms with Crippen LogP contribution in [0.15, 0.2) is 0 Å². The molecule has 0 aromatic heterocycles. The Morgan fingerprint density at radius 3 is 1.53 bits per heavy atom. The number of hydrogen-bond acceptors (Lipinski definition) is 1. The molecule has 0 heterocycles. The fraction of sp³-hybridized carbons (Fsp3) is 1.00. The molecule has 2 heteroatoms. The van der Waals surface area contributed by atoms with E-state index in [1.165, 1.54) is 19.3 Å². The zero-order chi connectivity index (χ0) is 15.2. The standard InChI is InChI=1S/C17H38OSi/c1-9-10-11-17(12-16(8)18)19(13(2)3,14(4)5)15(6)7/h13-18H,9-12H2,1-8H3/t16-,17+/m1/s1. The van der Waals surface area contributed by atoms with Gasteiger partial charge in [0.1, 0.15) is 0 Å². The van der Waals surface area contributed by atoms with Crippen molar-refractivity contribution < 1.29 is 5.11 Å². The molecule has 0 aliphatic heterocycles. The van der Waals surface area contributed by atoms with Crippen molar-refractivity contribution >= 4 is 8.07 Å². The predicted molar refractivity (Wildman–Crippen MR) is 90.6 cm³/mol. The van der Waals surface area contributed by atoms with Gasteiger partial charge in [-0.15, -0.1) is 0 Å². The molecule has 0 saturated heterocycles. The molecule has 0 bridgehead atoms. The van der Waals surface area contributed by atoms with Gasteiger partial charge in [-0.2, -0.15) is 0 Å². The summed E-state index contributed by atoms with van der Waals surface area (Å²) < 4.78 is 0. The maximum absolute atomic E-state index is 9.95. The summed E-state index contributed by atoms with van der Waals surface area (Å²) in [6.07, 6.45) is 4.78. The van der Waals surface area contributed by atoms with Crippen molar-refractivity contribution in [3.05, 3.63) is 0 Å². The van der Waals surface area contributed by atoms with E-state index in [0.717, 1.165) is 28.6 Å². The first-order valence-corrected chi connectivity index (χ1v) is 10.7. The van der Waals surface area contributed by atoms with Gasteiger partial charge in [0.05, 0.1) is 14.2 Å². The number of unbranched alkanes of at least 4 members (excludes halogenated alkanes) is 1. The van der Waals surface area contributed by atoms with Gasteiger partial charge in [-0.1, -0.05) is 84.4 Å². The highest BCUT2D eigenvalue weighted by molar-refractivity contribution is 6.84. The van der Waals surface area contributed by atoms with Crippen LogP contribution in [0.4, 0.5) is 0 Å². The van der Waals surface area contributed by atoms with Gasteiger partial charge >= 0.3 is 0 Å². The van der Waals surface area contributed by atoms with Crippen LogP contribution in [0.5, 0.6) is 0 Å². The minimum absolute atomic E-state index is 0.148. The van der Waals surface area contributed by atoms with Crippen LogP contribution in [0.25, 0.3) is 0 Å². The first-order chi connectivity index (χ1) is 8.71. The first-order valence-electron chi connectivity index (χ1n) is 8.39. The third-order valence-electron chi connectivity index (χ3n) is 5.24. The minimum atomic E-state index is -1.42. The SMILES string of the molecule is CCCC[C@@H](C[C@@H](C)O)[Si](C(C)C)(C(C)C)C(C)C. The number of hydrogen-bond donors (Lipinski definition) is 1. The molecule has 0 aliphatic rings. The van der Waals surface area contributed by atoms with Gasteiger partial charge in [0.15, 0.2) is 0 Å². The molecular weight excluding hydrogens is 248 g/mol. The summed E-state index contributed by atoms with van der Waals surface area (Å²) in [5.74, 6) is 0. The Hall–Kier alpha value is 0.177. The van der Waals surface area contributed by atoms with Crippen molar-refractivity contribution in [3.63, 3.8) is 0 Å². The third-order valence-corrected chi connectivity index (χ3v) is 13.2. The Kier molecular flexibility index (Phi) is 8.54. The highest BCUT2D eigenvalue weighted by Gasteiger charge is 2.48. The van der Waals surface area contributed by atoms with Crippen molar-refractivity contribution in [1.82, 2.24) is 0 Å². The Morgan fingerprint density at radius 2 is 1.26 bits per heavy atom. The van der Waals surface area contributed by atoms with Gasteiger partial charge in [0, 0.05) is 0 Å². The van der Waals surface area contributed by atoms with Crippen LogP contribution in [0.1, 0.15) is 81.1 Å². The second-order valence-corrected chi connectivity index (χ2v) is 13.7. The van der Waals surface area contributed by atoms with Crippen molar-refractivity contribution in [2.24, 2.45) is 0 Å². The second-order valence-electron chi connectivity index (χ2n) is 7.39. The van der Waals surface area contributed by atoms with Crippen LogP contribution in [0.2, 0.25) is 22.2 Å². The fourth-order valence-corrected chi connectivity index (χ4v) is 13.1. The molecule has 0 rings (SSSR count). The molecule has 0 amide bonds. The molecule has 2 atom stereocenters. The monoisotopic (exact) mass is 286 g/mol. The zero-order valence-electron chi connectivity index (χ0n) is 14.7. The van der Waals surface area contributed by atoms with Crippen LogP contribution in [0.3, 0.4) is 0 Å². The second kappa shape index (κ2) is 8.46. The molecule has 0 aromatic rings. The highest BCUT2D eigenvalue weighted by Crippen LogP contribution is 2.52. The van der Waals surface area contributed by atoms with E-state index in [1.54, 1.807) is 0 Å². The molecule has 0 fully saturated rings. The molecule has 0 saturated carbocycles. The Labute approximate surface area is 123 Å². The summed E-state index contributed by atoms with van der Waals surface area (Å²) in [5.41, 5.74) is 3.17. The third kappa shape index (κ3) is 4.59. The Bertz CT molecular complexity index is 212. The lowest BCUT2D eigenvalue weighted by atomic mass is 10.1.